The van der Waals surface area contributed by atoms with Gasteiger partial charge in [0.05, 0.1) is 4.90 Å². The van der Waals surface area contributed by atoms with Crippen molar-refractivity contribution in [3.8, 4) is 5.75 Å². The van der Waals surface area contributed by atoms with Gasteiger partial charge in [0.2, 0.25) is 5.91 Å². The van der Waals surface area contributed by atoms with Gasteiger partial charge in [0.15, 0.2) is 0 Å². The Hall–Kier alpha value is -1.12. The third-order valence-corrected chi connectivity index (χ3v) is 3.36. The summed E-state index contributed by atoms with van der Waals surface area (Å²) in [5.41, 5.74) is 0.481. The molecule has 6 nitrogen and oxygen atoms in total. The van der Waals surface area contributed by atoms with Crippen LogP contribution in [0.4, 0.5) is 5.69 Å². The van der Waals surface area contributed by atoms with E-state index >= 15 is 0 Å². The number of fused-ring (bicyclic) bond motifs is 1. The summed E-state index contributed by atoms with van der Waals surface area (Å²) < 4.78 is 31.0. The number of benzene rings is 2. The molecule has 0 bridgehead atoms. The quantitative estimate of drug-likeness (QED) is 0.574. The SMILES string of the molecule is CC(=O)Nc1ccc2cc(S(=O)(=O)O)cc(O)c2c1.[Na]. The predicted molar refractivity (Wildman–Crippen MR) is 75.5 cm³/mol. The largest absolute Gasteiger partial charge is 0.507 e. The molecule has 2 rings (SSSR count). The molecule has 0 saturated heterocycles. The number of carbonyl (C=O) groups is 1. The molecule has 1 amide bonds. The number of aromatic hydroxyl groups is 1. The molecule has 0 aliphatic rings. The number of hydrogen-bond acceptors (Lipinski definition) is 4. The summed E-state index contributed by atoms with van der Waals surface area (Å²) in [7, 11) is -4.38. The maximum atomic E-state index is 11.0. The molecule has 0 saturated carbocycles. The minimum absolute atomic E-state index is 0. The Morgan fingerprint density at radius 1 is 1.20 bits per heavy atom. The second kappa shape index (κ2) is 6.11. The molecule has 2 aromatic rings. The van der Waals surface area contributed by atoms with Crippen LogP contribution in [0, 0.1) is 0 Å². The fraction of sp³-hybridized carbons (Fsp3) is 0.0833. The van der Waals surface area contributed by atoms with E-state index in [1.807, 2.05) is 0 Å². The molecule has 0 aliphatic carbocycles. The molecule has 0 heterocycles. The van der Waals surface area contributed by atoms with Crippen LogP contribution in [-0.4, -0.2) is 53.5 Å². The van der Waals surface area contributed by atoms with Gasteiger partial charge in [-0.2, -0.15) is 8.42 Å². The minimum atomic E-state index is -4.38. The Balaban J connectivity index is 0.00000200. The molecule has 1 radical (unpaired) electrons. The van der Waals surface area contributed by atoms with Crippen molar-refractivity contribution in [1.29, 1.82) is 0 Å². The van der Waals surface area contributed by atoms with Crippen molar-refractivity contribution in [2.45, 2.75) is 11.8 Å². The van der Waals surface area contributed by atoms with Crippen LogP contribution in [-0.2, 0) is 14.9 Å². The standard InChI is InChI=1S/C12H11NO5S.Na/c1-7(14)13-9-3-2-8-4-10(19(16,17)18)6-12(15)11(8)5-9;/h2-6,15H,1H3,(H,13,14)(H,16,17,18);. The van der Waals surface area contributed by atoms with E-state index in [0.29, 0.717) is 16.5 Å². The number of amides is 1. The van der Waals surface area contributed by atoms with Crippen molar-refractivity contribution in [1.82, 2.24) is 0 Å². The normalized spacial score (nSPS) is 10.9. The van der Waals surface area contributed by atoms with Crippen LogP contribution in [0.3, 0.4) is 0 Å². The second-order valence-electron chi connectivity index (χ2n) is 4.03. The van der Waals surface area contributed by atoms with Gasteiger partial charge in [-0.25, -0.2) is 0 Å². The van der Waals surface area contributed by atoms with Crippen LogP contribution in [0.15, 0.2) is 35.2 Å². The fourth-order valence-corrected chi connectivity index (χ4v) is 2.28. The Bertz CT molecular complexity index is 773. The first-order valence-electron chi connectivity index (χ1n) is 5.29. The van der Waals surface area contributed by atoms with Crippen molar-refractivity contribution in [2.24, 2.45) is 0 Å². The maximum Gasteiger partial charge on any atom is 0.294 e. The molecule has 0 unspecified atom stereocenters. The molecule has 20 heavy (non-hydrogen) atoms. The van der Waals surface area contributed by atoms with Gasteiger partial charge in [-0.3, -0.25) is 9.35 Å². The van der Waals surface area contributed by atoms with Gasteiger partial charge in [-0.05, 0) is 23.6 Å². The summed E-state index contributed by atoms with van der Waals surface area (Å²) in [5.74, 6) is -0.550. The molecule has 101 valence electrons. The van der Waals surface area contributed by atoms with Gasteiger partial charge < -0.3 is 10.4 Å². The minimum Gasteiger partial charge on any atom is -0.507 e. The molecule has 0 atom stereocenters. The number of hydrogen-bond donors (Lipinski definition) is 3. The van der Waals surface area contributed by atoms with E-state index in [0.717, 1.165) is 6.07 Å². The first-order valence-corrected chi connectivity index (χ1v) is 6.73. The number of phenolic OH excluding ortho intramolecular Hbond substituents is 1. The van der Waals surface area contributed by atoms with E-state index < -0.39 is 10.1 Å². The number of rotatable bonds is 2. The van der Waals surface area contributed by atoms with Gasteiger partial charge >= 0.3 is 0 Å². The summed E-state index contributed by atoms with van der Waals surface area (Å²) in [4.78, 5) is 10.5. The molecule has 3 N–H and O–H groups in total. The topological polar surface area (TPSA) is 104 Å². The van der Waals surface area contributed by atoms with Crippen molar-refractivity contribution >= 4 is 62.0 Å². The van der Waals surface area contributed by atoms with Crippen molar-refractivity contribution < 1.29 is 22.9 Å². The Morgan fingerprint density at radius 3 is 2.40 bits per heavy atom. The van der Waals surface area contributed by atoms with E-state index in [-0.39, 0.29) is 46.1 Å². The first-order chi connectivity index (χ1) is 8.77. The van der Waals surface area contributed by atoms with Crippen LogP contribution < -0.4 is 5.32 Å². The molecule has 0 fully saturated rings. The average Bonchev–Trinajstić information content (AvgIpc) is 2.27. The Labute approximate surface area is 137 Å². The summed E-state index contributed by atoms with van der Waals surface area (Å²) in [6.07, 6.45) is 0. The zero-order valence-corrected chi connectivity index (χ0v) is 13.7. The van der Waals surface area contributed by atoms with Crippen LogP contribution in [0.2, 0.25) is 0 Å². The van der Waals surface area contributed by atoms with E-state index in [2.05, 4.69) is 5.32 Å². The van der Waals surface area contributed by atoms with Gasteiger partial charge in [-0.15, -0.1) is 0 Å². The molecular formula is C12H11NNaO5S. The van der Waals surface area contributed by atoms with Crippen LogP contribution >= 0.6 is 0 Å². The van der Waals surface area contributed by atoms with Gasteiger partial charge in [0.1, 0.15) is 5.75 Å². The van der Waals surface area contributed by atoms with Crippen molar-refractivity contribution in [2.75, 3.05) is 5.32 Å². The van der Waals surface area contributed by atoms with E-state index in [4.69, 9.17) is 4.55 Å². The number of nitrogens with one attached hydrogen (secondary N) is 1. The fourth-order valence-electron chi connectivity index (χ4n) is 1.74. The molecule has 0 aliphatic heterocycles. The molecule has 2 aromatic carbocycles. The second-order valence-corrected chi connectivity index (χ2v) is 5.46. The summed E-state index contributed by atoms with van der Waals surface area (Å²) >= 11 is 0. The molecule has 8 heteroatoms. The van der Waals surface area contributed by atoms with Crippen LogP contribution in [0.25, 0.3) is 10.8 Å². The third-order valence-electron chi connectivity index (χ3n) is 2.52. The zero-order chi connectivity index (χ0) is 14.2. The van der Waals surface area contributed by atoms with Crippen molar-refractivity contribution in [3.63, 3.8) is 0 Å². The summed E-state index contributed by atoms with van der Waals surface area (Å²) in [6, 6.07) is 6.81. The Morgan fingerprint density at radius 2 is 1.85 bits per heavy atom. The maximum absolute atomic E-state index is 11.0. The van der Waals surface area contributed by atoms with Gasteiger partial charge in [0.25, 0.3) is 10.1 Å². The monoisotopic (exact) mass is 304 g/mol. The van der Waals surface area contributed by atoms with Crippen LogP contribution in [0.5, 0.6) is 5.75 Å². The Kier molecular flexibility index (Phi) is 5.17. The molecule has 0 spiro atoms. The smallest absolute Gasteiger partial charge is 0.294 e. The number of carbonyl (C=O) groups excluding carboxylic acids is 1. The van der Waals surface area contributed by atoms with Crippen molar-refractivity contribution in [3.05, 3.63) is 30.3 Å². The van der Waals surface area contributed by atoms with E-state index in [1.165, 1.54) is 25.1 Å². The summed E-state index contributed by atoms with van der Waals surface area (Å²) in [5, 5.41) is 13.1. The third kappa shape index (κ3) is 3.71. The predicted octanol–water partition coefficient (Wildman–Crippen LogP) is 1.37. The number of phenols is 1. The van der Waals surface area contributed by atoms with Gasteiger partial charge in [-0.1, -0.05) is 6.07 Å². The van der Waals surface area contributed by atoms with E-state index in [9.17, 15) is 18.3 Å². The zero-order valence-electron chi connectivity index (χ0n) is 10.9. The average molecular weight is 304 g/mol. The van der Waals surface area contributed by atoms with Crippen LogP contribution in [0.1, 0.15) is 6.92 Å². The molecular weight excluding hydrogens is 293 g/mol. The first kappa shape index (κ1) is 16.9. The summed E-state index contributed by atoms with van der Waals surface area (Å²) in [6.45, 7) is 1.35. The number of anilines is 1. The van der Waals surface area contributed by atoms with Gasteiger partial charge in [0, 0.05) is 53.6 Å². The van der Waals surface area contributed by atoms with E-state index in [1.54, 1.807) is 6.07 Å². The molecule has 0 aromatic heterocycles.